The number of anilines is 1. The lowest BCUT2D eigenvalue weighted by molar-refractivity contribution is -0.153. The van der Waals surface area contributed by atoms with Crippen molar-refractivity contribution < 1.29 is 17.9 Å². The Labute approximate surface area is 185 Å². The smallest absolute Gasteiger partial charge is 0.422 e. The number of aryl methyl sites for hydroxylation is 1. The van der Waals surface area contributed by atoms with Crippen LogP contribution in [0.1, 0.15) is 24.5 Å². The van der Waals surface area contributed by atoms with Crippen LogP contribution in [0, 0.1) is 24.7 Å². The fourth-order valence-corrected chi connectivity index (χ4v) is 5.66. The maximum atomic E-state index is 12.6. The molecule has 0 spiro atoms. The first-order valence-corrected chi connectivity index (χ1v) is 11.2. The molecule has 5 rings (SSSR count). The van der Waals surface area contributed by atoms with Gasteiger partial charge in [0.25, 0.3) is 0 Å². The van der Waals surface area contributed by atoms with Crippen LogP contribution in [0.4, 0.5) is 18.3 Å². The minimum absolute atomic E-state index is 0.0204. The van der Waals surface area contributed by atoms with Crippen LogP contribution in [0.5, 0.6) is 5.75 Å². The van der Waals surface area contributed by atoms with Gasteiger partial charge in [-0.3, -0.25) is 0 Å². The Balaban J connectivity index is 1.34. The molecular formula is C19H20ClF3N6OS. The molecule has 1 aliphatic carbocycles. The number of ether oxygens (including phenoxy) is 1. The van der Waals surface area contributed by atoms with Crippen LogP contribution in [0.2, 0.25) is 5.02 Å². The molecule has 1 unspecified atom stereocenters. The zero-order valence-corrected chi connectivity index (χ0v) is 18.2. The summed E-state index contributed by atoms with van der Waals surface area (Å²) in [6.45, 7) is 2.35. The van der Waals surface area contributed by atoms with E-state index >= 15 is 0 Å². The van der Waals surface area contributed by atoms with E-state index < -0.39 is 12.8 Å². The maximum absolute atomic E-state index is 12.6. The lowest BCUT2D eigenvalue weighted by Gasteiger charge is -2.37. The topological polar surface area (TPSA) is 68.4 Å². The van der Waals surface area contributed by atoms with Crippen molar-refractivity contribution in [2.75, 3.05) is 24.6 Å². The van der Waals surface area contributed by atoms with Crippen LogP contribution < -0.4 is 9.64 Å². The van der Waals surface area contributed by atoms with Crippen LogP contribution in [0.15, 0.2) is 12.3 Å². The highest BCUT2D eigenvalue weighted by molar-refractivity contribution is 7.09. The van der Waals surface area contributed by atoms with Crippen LogP contribution in [-0.4, -0.2) is 49.8 Å². The van der Waals surface area contributed by atoms with Gasteiger partial charge in [-0.05, 0) is 37.5 Å². The second kappa shape index (κ2) is 7.77. The Morgan fingerprint density at radius 3 is 2.61 bits per heavy atom. The van der Waals surface area contributed by atoms with Gasteiger partial charge in [-0.1, -0.05) is 11.6 Å². The van der Waals surface area contributed by atoms with Gasteiger partial charge in [0.1, 0.15) is 5.82 Å². The van der Waals surface area contributed by atoms with Gasteiger partial charge >= 0.3 is 6.18 Å². The van der Waals surface area contributed by atoms with E-state index in [1.807, 2.05) is 6.92 Å². The molecule has 3 aromatic rings. The summed E-state index contributed by atoms with van der Waals surface area (Å²) < 4.78 is 48.4. The summed E-state index contributed by atoms with van der Waals surface area (Å²) in [5.41, 5.74) is 0.248. The summed E-state index contributed by atoms with van der Waals surface area (Å²) in [5, 5.41) is 5.69. The molecule has 0 aromatic carbocycles. The second-order valence-electron chi connectivity index (χ2n) is 8.22. The van der Waals surface area contributed by atoms with Gasteiger partial charge in [-0.15, -0.1) is 0 Å². The van der Waals surface area contributed by atoms with Gasteiger partial charge in [0.05, 0.1) is 5.02 Å². The molecule has 0 amide bonds. The summed E-state index contributed by atoms with van der Waals surface area (Å²) in [6, 6.07) is 1.34. The number of halogens is 4. The number of hydrogen-bond donors (Lipinski definition) is 0. The number of aromatic nitrogens is 5. The number of piperidine rings is 1. The fourth-order valence-electron chi connectivity index (χ4n) is 4.77. The van der Waals surface area contributed by atoms with Crippen molar-refractivity contribution in [3.63, 3.8) is 0 Å². The minimum Gasteiger partial charge on any atom is -0.480 e. The third-order valence-corrected chi connectivity index (χ3v) is 7.11. The Kier molecular flexibility index (Phi) is 5.20. The van der Waals surface area contributed by atoms with E-state index in [-0.39, 0.29) is 16.4 Å². The summed E-state index contributed by atoms with van der Waals surface area (Å²) in [4.78, 5) is 11.3. The largest absolute Gasteiger partial charge is 0.480 e. The molecule has 0 radical (unpaired) electrons. The Bertz CT molecular complexity index is 1090. The van der Waals surface area contributed by atoms with Crippen molar-refractivity contribution in [3.8, 4) is 5.75 Å². The van der Waals surface area contributed by atoms with Crippen LogP contribution in [-0.2, 0) is 6.42 Å². The number of nitrogens with zero attached hydrogens (tertiary/aromatic N) is 6. The molecule has 2 bridgehead atoms. The Hall–Kier alpha value is -2.14. The SMILES string of the molecule is Cc1nsc(N2C[C@H]3CC[C@@H](C2)C3Cc2nc3c(OCC(F)(F)F)cc(Cl)cn3n2)n1. The first-order valence-electron chi connectivity index (χ1n) is 10.0. The quantitative estimate of drug-likeness (QED) is 0.554. The van der Waals surface area contributed by atoms with E-state index in [2.05, 4.69) is 24.3 Å². The van der Waals surface area contributed by atoms with E-state index in [0.717, 1.165) is 36.9 Å². The van der Waals surface area contributed by atoms with Crippen LogP contribution in [0.25, 0.3) is 5.65 Å². The standard InChI is InChI=1S/C19H20ClF3N6OS/c1-10-24-18(31-27-10)28-6-11-2-3-12(7-28)14(11)5-16-25-17-15(30-9-19(21,22)23)4-13(20)8-29(17)26-16/h4,8,11-12,14H,2-3,5-7,9H2,1H3/t11-,12+,14?. The van der Waals surface area contributed by atoms with Crippen molar-refractivity contribution >= 4 is 33.9 Å². The number of pyridine rings is 1. The van der Waals surface area contributed by atoms with E-state index in [1.54, 1.807) is 0 Å². The van der Waals surface area contributed by atoms with Crippen molar-refractivity contribution in [2.24, 2.45) is 17.8 Å². The normalized spacial score (nSPS) is 23.6. The van der Waals surface area contributed by atoms with Crippen molar-refractivity contribution in [1.82, 2.24) is 24.0 Å². The van der Waals surface area contributed by atoms with Crippen LogP contribution >= 0.6 is 23.1 Å². The van der Waals surface area contributed by atoms with E-state index in [0.29, 0.717) is 30.0 Å². The molecule has 12 heteroatoms. The molecule has 2 aliphatic rings. The Morgan fingerprint density at radius 1 is 1.23 bits per heavy atom. The molecule has 3 atom stereocenters. The summed E-state index contributed by atoms with van der Waals surface area (Å²) in [6.07, 6.45) is 0.0471. The maximum Gasteiger partial charge on any atom is 0.422 e. The molecule has 166 valence electrons. The molecule has 1 saturated carbocycles. The lowest BCUT2D eigenvalue weighted by Crippen LogP contribution is -2.42. The van der Waals surface area contributed by atoms with Gasteiger partial charge in [0.15, 0.2) is 23.8 Å². The van der Waals surface area contributed by atoms with Crippen molar-refractivity contribution in [2.45, 2.75) is 32.4 Å². The average Bonchev–Trinajstić information content (AvgIpc) is 3.35. The third kappa shape index (κ3) is 4.30. The van der Waals surface area contributed by atoms with Gasteiger partial charge in [-0.2, -0.15) is 22.6 Å². The molecule has 4 heterocycles. The molecule has 1 aliphatic heterocycles. The number of alkyl halides is 3. The van der Waals surface area contributed by atoms with E-state index in [4.69, 9.17) is 16.3 Å². The predicted octanol–water partition coefficient (Wildman–Crippen LogP) is 4.19. The monoisotopic (exact) mass is 472 g/mol. The van der Waals surface area contributed by atoms with Crippen molar-refractivity contribution in [1.29, 1.82) is 0 Å². The van der Waals surface area contributed by atoms with Gasteiger partial charge in [0.2, 0.25) is 5.13 Å². The molecule has 1 saturated heterocycles. The average molecular weight is 473 g/mol. The van der Waals surface area contributed by atoms with Crippen LogP contribution in [0.3, 0.4) is 0 Å². The van der Waals surface area contributed by atoms with Gasteiger partial charge in [-0.25, -0.2) is 14.5 Å². The number of hydrogen-bond acceptors (Lipinski definition) is 7. The zero-order valence-electron chi connectivity index (χ0n) is 16.6. The summed E-state index contributed by atoms with van der Waals surface area (Å²) in [5.74, 6) is 2.80. The van der Waals surface area contributed by atoms with Gasteiger partial charge in [0, 0.05) is 43.3 Å². The fraction of sp³-hybridized carbons (Fsp3) is 0.579. The highest BCUT2D eigenvalue weighted by Gasteiger charge is 2.43. The number of rotatable bonds is 5. The third-order valence-electron chi connectivity index (χ3n) is 6.04. The highest BCUT2D eigenvalue weighted by Crippen LogP contribution is 2.44. The minimum atomic E-state index is -4.44. The highest BCUT2D eigenvalue weighted by atomic mass is 35.5. The molecule has 2 fully saturated rings. The predicted molar refractivity (Wildman–Crippen MR) is 110 cm³/mol. The zero-order chi connectivity index (χ0) is 21.8. The molecule has 3 aromatic heterocycles. The first kappa shape index (κ1) is 20.7. The van der Waals surface area contributed by atoms with Gasteiger partial charge < -0.3 is 9.64 Å². The first-order chi connectivity index (χ1) is 14.7. The van der Waals surface area contributed by atoms with Crippen molar-refractivity contribution in [3.05, 3.63) is 28.9 Å². The second-order valence-corrected chi connectivity index (χ2v) is 9.38. The molecule has 31 heavy (non-hydrogen) atoms. The molecule has 0 N–H and O–H groups in total. The van der Waals surface area contributed by atoms with E-state index in [9.17, 15) is 13.2 Å². The summed E-state index contributed by atoms with van der Waals surface area (Å²) in [7, 11) is 0. The molecular weight excluding hydrogens is 453 g/mol. The molecule has 7 nitrogen and oxygen atoms in total. The lowest BCUT2D eigenvalue weighted by atomic mass is 9.82. The van der Waals surface area contributed by atoms with E-state index in [1.165, 1.54) is 28.3 Å². The Morgan fingerprint density at radius 2 is 1.97 bits per heavy atom. The number of fused-ring (bicyclic) bond motifs is 3. The summed E-state index contributed by atoms with van der Waals surface area (Å²) >= 11 is 7.48.